The van der Waals surface area contributed by atoms with E-state index in [0.29, 0.717) is 13.2 Å². The van der Waals surface area contributed by atoms with Gasteiger partial charge in [-0.15, -0.1) is 0 Å². The van der Waals surface area contributed by atoms with E-state index < -0.39 is 0 Å². The summed E-state index contributed by atoms with van der Waals surface area (Å²) in [6.07, 6.45) is 3.71. The lowest BCUT2D eigenvalue weighted by Crippen LogP contribution is -2.22. The van der Waals surface area contributed by atoms with Gasteiger partial charge in [0.05, 0.1) is 13.2 Å². The Kier molecular flexibility index (Phi) is 4.10. The minimum Gasteiger partial charge on any atom is -0.376 e. The van der Waals surface area contributed by atoms with Gasteiger partial charge in [0.2, 0.25) is 0 Å². The molecule has 0 saturated carbocycles. The zero-order valence-electron chi connectivity index (χ0n) is 10.2. The molecule has 0 aromatic heterocycles. The Labute approximate surface area is 102 Å². The first-order chi connectivity index (χ1) is 8.25. The number of benzene rings is 1. The molecule has 2 nitrogen and oxygen atoms in total. The van der Waals surface area contributed by atoms with Crippen molar-refractivity contribution in [2.24, 2.45) is 5.92 Å². The molecule has 1 aromatic rings. The Hall–Kier alpha value is -1.41. The number of hydrogen-bond acceptors (Lipinski definition) is 2. The van der Waals surface area contributed by atoms with Crippen LogP contribution in [0.1, 0.15) is 25.3 Å². The van der Waals surface area contributed by atoms with Crippen LogP contribution in [0.15, 0.2) is 42.0 Å². The van der Waals surface area contributed by atoms with E-state index in [1.54, 1.807) is 6.08 Å². The van der Waals surface area contributed by atoms with Gasteiger partial charge in [-0.05, 0) is 31.4 Å². The highest BCUT2D eigenvalue weighted by Crippen LogP contribution is 2.20. The quantitative estimate of drug-likeness (QED) is 0.794. The van der Waals surface area contributed by atoms with Crippen molar-refractivity contribution in [3.63, 3.8) is 0 Å². The highest BCUT2D eigenvalue weighted by atomic mass is 16.5. The van der Waals surface area contributed by atoms with Gasteiger partial charge < -0.3 is 4.74 Å². The van der Waals surface area contributed by atoms with Crippen molar-refractivity contribution in [3.8, 4) is 0 Å². The lowest BCUT2D eigenvalue weighted by molar-refractivity contribution is -0.121. The molecule has 17 heavy (non-hydrogen) atoms. The molecule has 1 aliphatic carbocycles. The van der Waals surface area contributed by atoms with E-state index in [0.717, 1.165) is 18.4 Å². The van der Waals surface area contributed by atoms with Crippen molar-refractivity contribution < 1.29 is 9.53 Å². The molecule has 1 aliphatic rings. The van der Waals surface area contributed by atoms with Crippen LogP contribution in [0.4, 0.5) is 0 Å². The molecule has 1 aromatic carbocycles. The Morgan fingerprint density at radius 2 is 2.06 bits per heavy atom. The molecule has 0 aliphatic heterocycles. The normalized spacial score (nSPS) is 20.2. The van der Waals surface area contributed by atoms with Gasteiger partial charge in [-0.2, -0.15) is 0 Å². The minimum absolute atomic E-state index is 0.0578. The third-order valence-corrected chi connectivity index (χ3v) is 3.11. The van der Waals surface area contributed by atoms with Crippen LogP contribution in [0.2, 0.25) is 0 Å². The summed E-state index contributed by atoms with van der Waals surface area (Å²) in [5, 5.41) is 0. The van der Waals surface area contributed by atoms with Crippen LogP contribution in [0.3, 0.4) is 0 Å². The lowest BCUT2D eigenvalue weighted by atomic mass is 9.90. The first kappa shape index (κ1) is 12.1. The van der Waals surface area contributed by atoms with E-state index in [4.69, 9.17) is 4.74 Å². The molecule has 0 amide bonds. The van der Waals surface area contributed by atoms with Gasteiger partial charge in [0.15, 0.2) is 5.78 Å². The van der Waals surface area contributed by atoms with Crippen molar-refractivity contribution in [3.05, 3.63) is 47.5 Å². The van der Waals surface area contributed by atoms with Crippen LogP contribution < -0.4 is 0 Å². The molecule has 90 valence electrons. The SMILES string of the molecule is CC1=CC(=O)[C@H](COCc2ccccc2)CC1. The highest BCUT2D eigenvalue weighted by molar-refractivity contribution is 5.93. The number of carbonyl (C=O) groups is 1. The van der Waals surface area contributed by atoms with Crippen molar-refractivity contribution >= 4 is 5.78 Å². The zero-order valence-corrected chi connectivity index (χ0v) is 10.2. The second-order valence-electron chi connectivity index (χ2n) is 4.63. The van der Waals surface area contributed by atoms with Gasteiger partial charge in [-0.1, -0.05) is 35.9 Å². The largest absolute Gasteiger partial charge is 0.376 e. The minimum atomic E-state index is 0.0578. The van der Waals surface area contributed by atoms with Crippen molar-refractivity contribution in [2.75, 3.05) is 6.61 Å². The van der Waals surface area contributed by atoms with Crippen LogP contribution in [-0.4, -0.2) is 12.4 Å². The molecule has 1 atom stereocenters. The molecule has 0 N–H and O–H groups in total. The predicted molar refractivity (Wildman–Crippen MR) is 67.6 cm³/mol. The number of rotatable bonds is 4. The van der Waals surface area contributed by atoms with Gasteiger partial charge in [0.25, 0.3) is 0 Å². The van der Waals surface area contributed by atoms with E-state index in [1.165, 1.54) is 5.57 Å². The van der Waals surface area contributed by atoms with Crippen molar-refractivity contribution in [2.45, 2.75) is 26.4 Å². The van der Waals surface area contributed by atoms with Gasteiger partial charge in [0, 0.05) is 5.92 Å². The average molecular weight is 230 g/mol. The Morgan fingerprint density at radius 3 is 2.76 bits per heavy atom. The fraction of sp³-hybridized carbons (Fsp3) is 0.400. The fourth-order valence-electron chi connectivity index (χ4n) is 2.04. The van der Waals surface area contributed by atoms with Gasteiger partial charge in [-0.3, -0.25) is 4.79 Å². The summed E-state index contributed by atoms with van der Waals surface area (Å²) in [7, 11) is 0. The summed E-state index contributed by atoms with van der Waals surface area (Å²) in [6, 6.07) is 10.0. The summed E-state index contributed by atoms with van der Waals surface area (Å²) in [4.78, 5) is 11.7. The summed E-state index contributed by atoms with van der Waals surface area (Å²) in [5.41, 5.74) is 2.34. The summed E-state index contributed by atoms with van der Waals surface area (Å²) < 4.78 is 5.61. The number of hydrogen-bond donors (Lipinski definition) is 0. The second kappa shape index (κ2) is 5.78. The molecule has 2 heteroatoms. The van der Waals surface area contributed by atoms with Crippen LogP contribution in [-0.2, 0) is 16.1 Å². The molecule has 0 spiro atoms. The number of allylic oxidation sites excluding steroid dienone is 2. The fourth-order valence-corrected chi connectivity index (χ4v) is 2.04. The third kappa shape index (κ3) is 3.53. The van der Waals surface area contributed by atoms with Crippen molar-refractivity contribution in [1.82, 2.24) is 0 Å². The summed E-state index contributed by atoms with van der Waals surface area (Å²) >= 11 is 0. The second-order valence-corrected chi connectivity index (χ2v) is 4.63. The zero-order chi connectivity index (χ0) is 12.1. The molecule has 2 rings (SSSR count). The number of carbonyl (C=O) groups excluding carboxylic acids is 1. The summed E-state index contributed by atoms with van der Waals surface area (Å²) in [6.45, 7) is 3.14. The maximum Gasteiger partial charge on any atom is 0.161 e. The van der Waals surface area contributed by atoms with Crippen LogP contribution >= 0.6 is 0 Å². The van der Waals surface area contributed by atoms with E-state index in [1.807, 2.05) is 37.3 Å². The van der Waals surface area contributed by atoms with E-state index in [9.17, 15) is 4.79 Å². The Balaban J connectivity index is 1.78. The smallest absolute Gasteiger partial charge is 0.161 e. The van der Waals surface area contributed by atoms with Crippen LogP contribution in [0.5, 0.6) is 0 Å². The number of ketones is 1. The highest BCUT2D eigenvalue weighted by Gasteiger charge is 2.20. The van der Waals surface area contributed by atoms with Gasteiger partial charge >= 0.3 is 0 Å². The molecule has 0 heterocycles. The maximum absolute atomic E-state index is 11.7. The monoisotopic (exact) mass is 230 g/mol. The first-order valence-corrected chi connectivity index (χ1v) is 6.08. The Bertz CT molecular complexity index is 406. The predicted octanol–water partition coefficient (Wildman–Crippen LogP) is 3.13. The summed E-state index contributed by atoms with van der Waals surface area (Å²) in [5.74, 6) is 0.282. The molecular weight excluding hydrogens is 212 g/mol. The lowest BCUT2D eigenvalue weighted by Gasteiger charge is -2.19. The van der Waals surface area contributed by atoms with Gasteiger partial charge in [-0.25, -0.2) is 0 Å². The average Bonchev–Trinajstić information content (AvgIpc) is 2.33. The molecule has 0 fully saturated rings. The van der Waals surface area contributed by atoms with Gasteiger partial charge in [0.1, 0.15) is 0 Å². The molecular formula is C15H18O2. The van der Waals surface area contributed by atoms with Crippen LogP contribution in [0.25, 0.3) is 0 Å². The third-order valence-electron chi connectivity index (χ3n) is 3.11. The topological polar surface area (TPSA) is 26.3 Å². The molecule has 0 bridgehead atoms. The van der Waals surface area contributed by atoms with E-state index in [-0.39, 0.29) is 11.7 Å². The molecule has 0 saturated heterocycles. The standard InChI is InChI=1S/C15H18O2/c1-12-7-8-14(15(16)9-12)11-17-10-13-5-3-2-4-6-13/h2-6,9,14H,7-8,10-11H2,1H3/t14-/m0/s1. The van der Waals surface area contributed by atoms with Crippen LogP contribution in [0, 0.1) is 5.92 Å². The van der Waals surface area contributed by atoms with Crippen molar-refractivity contribution in [1.29, 1.82) is 0 Å². The maximum atomic E-state index is 11.7. The molecule has 0 radical (unpaired) electrons. The molecule has 0 unspecified atom stereocenters. The number of ether oxygens (including phenoxy) is 1. The van der Waals surface area contributed by atoms with E-state index >= 15 is 0 Å². The first-order valence-electron chi connectivity index (χ1n) is 6.08. The van der Waals surface area contributed by atoms with E-state index in [2.05, 4.69) is 0 Å². The Morgan fingerprint density at radius 1 is 1.29 bits per heavy atom.